The zero-order chi connectivity index (χ0) is 104. The number of guanidine groups is 4. The monoisotopic (exact) mass is 2020 g/mol. The number of hydrogen-bond acceptors (Lipinski definition) is 27. The molecule has 0 unspecified atom stereocenters. The summed E-state index contributed by atoms with van der Waals surface area (Å²) in [7, 11) is 1.54. The Bertz CT molecular complexity index is 4960. The Morgan fingerprint density at radius 1 is 0.444 bits per heavy atom. The van der Waals surface area contributed by atoms with Gasteiger partial charge in [0.15, 0.2) is 23.8 Å². The number of urea groups is 2. The zero-order valence-electron chi connectivity index (χ0n) is 78.9. The summed E-state index contributed by atoms with van der Waals surface area (Å²) < 4.78 is 0. The van der Waals surface area contributed by atoms with E-state index in [2.05, 4.69) is 95.7 Å². The van der Waals surface area contributed by atoms with Crippen molar-refractivity contribution < 1.29 is 92.0 Å². The molecule has 43 N–H and O–H groups in total. The molecule has 51 nitrogen and oxygen atoms in total. The molecule has 2 heterocycles. The lowest BCUT2D eigenvalue weighted by Gasteiger charge is -2.31. The minimum absolute atomic E-state index is 0.00562. The number of carbonyl (C=O) groups is 16. The van der Waals surface area contributed by atoms with Crippen molar-refractivity contribution in [1.82, 2.24) is 101 Å². The number of aliphatic carboxylic acids is 1. The fraction of sp³-hybridized carbons (Fsp3) is 0.528. The van der Waals surface area contributed by atoms with E-state index in [4.69, 9.17) is 73.2 Å². The summed E-state index contributed by atoms with van der Waals surface area (Å²) >= 11 is 0. The highest BCUT2D eigenvalue weighted by molar-refractivity contribution is 8.76. The lowest BCUT2D eigenvalue weighted by Crippen LogP contribution is -2.61. The van der Waals surface area contributed by atoms with Crippen LogP contribution in [0.4, 0.5) is 9.59 Å². The molecule has 6 rings (SSSR count). The Balaban J connectivity index is 1.61. The average Bonchev–Trinajstić information content (AvgIpc) is 1.74. The Morgan fingerprint density at radius 3 is 1.36 bits per heavy atom. The minimum Gasteiger partial charge on any atom is -0.508 e. The van der Waals surface area contributed by atoms with Gasteiger partial charge in [0.25, 0.3) is 0 Å². The van der Waals surface area contributed by atoms with E-state index in [1.54, 1.807) is 24.3 Å². The number of phenols is 2. The number of carboxylic acids is 1. The van der Waals surface area contributed by atoms with E-state index in [1.807, 2.05) is 18.2 Å². The quantitative estimate of drug-likeness (QED) is 0.00847. The molecule has 142 heavy (non-hydrogen) atoms. The van der Waals surface area contributed by atoms with Gasteiger partial charge in [-0.05, 0) is 174 Å². The van der Waals surface area contributed by atoms with Crippen molar-refractivity contribution in [2.45, 2.75) is 226 Å². The molecule has 14 atom stereocenters. The number of rotatable bonds is 47. The normalized spacial score (nSPS) is 20.3. The topological polar surface area (TPSA) is 883 Å². The maximum absolute atomic E-state index is 16.0. The fourth-order valence-corrected chi connectivity index (χ4v) is 17.7. The maximum atomic E-state index is 16.0. The van der Waals surface area contributed by atoms with Crippen molar-refractivity contribution in [2.24, 2.45) is 51.6 Å². The SMILES string of the molecule is N=C(N)NCCC[C@H](N)CN[C@@H](CCCNC(=N)N)C(=O)N[C@@H](Cc1ccc2ccccc2c1)C(=O)N[C@H]1CSSC[C@@H](C(=O)N[C@@H](CCCNC(=N)N)C(N)=O)NC(=O)[C@H](CCCNC(N)=O)NC(=O)[C@H](CCCNC(=N)N)NC(=O)[C@H](Cc2ccc(O)cc2)NC(=O)[C@@H]2CCCN2C(=O)[C@@H](CCC(=O)O)NC(=O)[C@H](CCCCN)NC(=O)[C@H](CCCNC(N)=O)NC(=O)[C@H](Cc2ccc(O)cc2)NC1=O. The van der Waals surface area contributed by atoms with E-state index >= 15 is 57.5 Å². The molecule has 17 amide bonds. The summed E-state index contributed by atoms with van der Waals surface area (Å²) in [5.74, 6) is -18.1. The number of hydrogen-bond donors (Lipinski definition) is 34. The smallest absolute Gasteiger partial charge is 0.312 e. The summed E-state index contributed by atoms with van der Waals surface area (Å²) in [6.45, 7) is -0.176. The van der Waals surface area contributed by atoms with Gasteiger partial charge in [0.05, 0.1) is 6.04 Å². The number of benzene rings is 4. The molecule has 53 heteroatoms. The lowest BCUT2D eigenvalue weighted by molar-refractivity contribution is -0.143. The number of carbonyl (C=O) groups excluding carboxylic acids is 15. The van der Waals surface area contributed by atoms with Crippen LogP contribution in [-0.4, -0.2) is 294 Å². The van der Waals surface area contributed by atoms with Crippen molar-refractivity contribution in [3.05, 3.63) is 108 Å². The van der Waals surface area contributed by atoms with Crippen LogP contribution < -0.4 is 147 Å². The fourth-order valence-electron chi connectivity index (χ4n) is 15.4. The van der Waals surface area contributed by atoms with Crippen LogP contribution in [0.25, 0.3) is 10.8 Å². The van der Waals surface area contributed by atoms with Gasteiger partial charge in [-0.2, -0.15) is 0 Å². The Morgan fingerprint density at radius 2 is 0.873 bits per heavy atom. The molecule has 0 aromatic heterocycles. The number of nitrogens with zero attached hydrogens (tertiary/aromatic N) is 1. The van der Waals surface area contributed by atoms with Gasteiger partial charge in [-0.1, -0.05) is 88.3 Å². The molecular weight excluding hydrogens is 1890 g/mol. The van der Waals surface area contributed by atoms with E-state index in [0.717, 1.165) is 37.3 Å². The van der Waals surface area contributed by atoms with Crippen LogP contribution in [-0.2, 0) is 86.4 Å². The first-order valence-electron chi connectivity index (χ1n) is 46.7. The summed E-state index contributed by atoms with van der Waals surface area (Å²) in [6.07, 6.45) is -2.75. The average molecular weight is 2020 g/mol. The van der Waals surface area contributed by atoms with Crippen LogP contribution >= 0.6 is 21.6 Å². The largest absolute Gasteiger partial charge is 0.508 e. The number of phenolic OH excluding ortho intramolecular Hbond substituents is 2. The minimum atomic E-state index is -1.87. The second kappa shape index (κ2) is 61.9. The van der Waals surface area contributed by atoms with Gasteiger partial charge in [0.2, 0.25) is 76.8 Å². The van der Waals surface area contributed by atoms with Gasteiger partial charge in [-0.25, -0.2) is 9.59 Å². The molecule has 0 bridgehead atoms. The Labute approximate surface area is 828 Å². The highest BCUT2D eigenvalue weighted by Gasteiger charge is 2.43. The molecule has 4 aromatic carbocycles. The molecule has 2 saturated heterocycles. The zero-order valence-corrected chi connectivity index (χ0v) is 80.5. The summed E-state index contributed by atoms with van der Waals surface area (Å²) in [4.78, 5) is 236. The van der Waals surface area contributed by atoms with Gasteiger partial charge in [0.1, 0.15) is 84.0 Å². The number of amides is 17. The van der Waals surface area contributed by atoms with Gasteiger partial charge < -0.3 is 168 Å². The number of fused-ring (bicyclic) bond motifs is 2. The first-order valence-corrected chi connectivity index (χ1v) is 49.2. The molecule has 2 fully saturated rings. The van der Waals surface area contributed by atoms with Crippen molar-refractivity contribution in [3.8, 4) is 11.5 Å². The van der Waals surface area contributed by atoms with Gasteiger partial charge in [-0.3, -0.25) is 88.8 Å². The number of primary amides is 3. The second-order valence-corrected chi connectivity index (χ2v) is 36.7. The molecule has 0 saturated carbocycles. The van der Waals surface area contributed by atoms with Crippen molar-refractivity contribution in [3.63, 3.8) is 0 Å². The van der Waals surface area contributed by atoms with Gasteiger partial charge in [-0.15, -0.1) is 0 Å². The van der Waals surface area contributed by atoms with E-state index in [9.17, 15) is 34.5 Å². The number of aromatic hydroxyl groups is 2. The van der Waals surface area contributed by atoms with Crippen LogP contribution in [0.1, 0.15) is 139 Å². The van der Waals surface area contributed by atoms with Crippen molar-refractivity contribution >= 4 is 151 Å². The number of unbranched alkanes of at least 4 members (excludes halogenated alkanes) is 1. The van der Waals surface area contributed by atoms with E-state index in [1.165, 1.54) is 48.5 Å². The van der Waals surface area contributed by atoms with Gasteiger partial charge >= 0.3 is 18.0 Å². The second-order valence-electron chi connectivity index (χ2n) is 34.2. The van der Waals surface area contributed by atoms with Crippen molar-refractivity contribution in [1.29, 1.82) is 21.6 Å². The highest BCUT2D eigenvalue weighted by atomic mass is 33.1. The molecule has 0 spiro atoms. The van der Waals surface area contributed by atoms with Crippen LogP contribution in [0.3, 0.4) is 0 Å². The summed E-state index contributed by atoms with van der Waals surface area (Å²) in [5.41, 5.74) is 52.7. The molecule has 4 aromatic rings. The third kappa shape index (κ3) is 43.5. The van der Waals surface area contributed by atoms with Crippen LogP contribution in [0.2, 0.25) is 0 Å². The molecular formula is C89H138N32O19S2. The molecule has 2 aliphatic heterocycles. The number of nitrogens with two attached hydrogens (primary N) is 9. The first-order chi connectivity index (χ1) is 67.7. The van der Waals surface area contributed by atoms with Gasteiger partial charge in [0, 0.05) is 95.6 Å². The van der Waals surface area contributed by atoms with Crippen molar-refractivity contribution in [2.75, 3.05) is 70.4 Å². The predicted molar refractivity (Wildman–Crippen MR) is 531 cm³/mol. The summed E-state index contributed by atoms with van der Waals surface area (Å²) in [5, 5.41) is 112. The predicted octanol–water partition coefficient (Wildman–Crippen LogP) is -6.29. The third-order valence-electron chi connectivity index (χ3n) is 22.9. The Hall–Kier alpha value is -14.5. The lowest BCUT2D eigenvalue weighted by atomic mass is 10.00. The van der Waals surface area contributed by atoms with E-state index < -0.39 is 222 Å². The van der Waals surface area contributed by atoms with E-state index in [0.29, 0.717) is 30.5 Å². The number of nitrogens with one attached hydrogen (secondary N) is 22. The molecule has 0 aliphatic carbocycles. The van der Waals surface area contributed by atoms with Crippen LogP contribution in [0, 0.1) is 21.6 Å². The molecule has 2 aliphatic rings. The number of carboxylic acid groups (broad SMARTS) is 1. The standard InChI is InChI=1S/C89H138N32O19S2/c90-34-4-3-15-59-75(130)115-63(32-33-70(124)125)83(138)121-41-11-21-69(121)82(137)118-65(44-50-25-30-56(123)31-26-50)78(133)114-60(18-8-38-106-87(99)100)74(129)112-62(20-10-40-108-89(102)140)76(131)119-67(80(135)110-57(71(92)126)16-6-36-104-85(95)96)47-141-142-48-68(81(136)117-64(43-49-23-28-55(122)29-24-49)77(132)113-61(73(128)111-59)19-9-39-107-88(101)139)120-79(134)66(45-51-22-27-52-12-1-2-13-53(52)42-51)116-72(127)58(17-7-37-105-86(97)98)109-46-54(91)14-5-35-103-84(93)94/h1-2,12-13,22-31,42,54,57-69,109,122-123H,3-11,14-21,32-41,43-48,90-91H2,(H2,92,126)(H,110,135)(H,111,128)(H,112,129)(H,113,132)(H,114,133)(H,115,130)(H,116,127)(H,117,136)(H,118,137)(H,119,131)(H,120,134)(H,124,125)(H4,93,94,103)(H4,95,96,104)(H4,97,98,105)(H4,99,100,106)(H3,101,107,139)(H3,102,108,140)/t54-,57-,58-,59-,60-,61-,62-,63+,64-,65-,66-,67-,68-,69-/m0/s1. The molecule has 780 valence electrons. The summed E-state index contributed by atoms with van der Waals surface area (Å²) in [6, 6.07) is -0.744. The van der Waals surface area contributed by atoms with E-state index in [-0.39, 0.29) is 190 Å². The van der Waals surface area contributed by atoms with Crippen LogP contribution in [0.15, 0.2) is 91.0 Å². The Kier molecular flexibility index (Phi) is 50.6. The van der Waals surface area contributed by atoms with Crippen LogP contribution in [0.5, 0.6) is 11.5 Å². The molecule has 0 radical (unpaired) electrons. The third-order valence-corrected chi connectivity index (χ3v) is 25.3. The highest BCUT2D eigenvalue weighted by Crippen LogP contribution is 2.27. The first kappa shape index (κ1) is 116. The maximum Gasteiger partial charge on any atom is 0.312 e.